The number of esters is 1. The molecule has 1 rings (SSSR count). The van der Waals surface area contributed by atoms with E-state index in [2.05, 4.69) is 13.8 Å². The summed E-state index contributed by atoms with van der Waals surface area (Å²) in [6.45, 7) is 4.37. The molecule has 80 heavy (non-hydrogen) atoms. The first kappa shape index (κ1) is 77.4. The highest BCUT2D eigenvalue weighted by atomic mass is 31.2. The molecule has 0 saturated heterocycles. The molecule has 8 atom stereocenters. The first-order valence-electron chi connectivity index (χ1n) is 34.9. The lowest BCUT2D eigenvalue weighted by Crippen LogP contribution is -2.64. The summed E-state index contributed by atoms with van der Waals surface area (Å²) in [5.74, 6) is -0.464. The highest BCUT2D eigenvalue weighted by Gasteiger charge is 2.51. The number of carbonyl (C=O) groups excluding carboxylic acids is 1. The first-order chi connectivity index (χ1) is 39.0. The summed E-state index contributed by atoms with van der Waals surface area (Å²) in [5, 5.41) is 50.6. The van der Waals surface area contributed by atoms with Gasteiger partial charge in [0.2, 0.25) is 0 Å². The summed E-state index contributed by atoms with van der Waals surface area (Å²) < 4.78 is 34.6. The highest BCUT2D eigenvalue weighted by Crippen LogP contribution is 2.47. The maximum absolute atomic E-state index is 12.9. The van der Waals surface area contributed by atoms with Gasteiger partial charge in [0.15, 0.2) is 0 Å². The average Bonchev–Trinajstić information content (AvgIpc) is 3.45. The molecule has 1 aliphatic carbocycles. The van der Waals surface area contributed by atoms with E-state index in [1.165, 1.54) is 295 Å². The number of ether oxygens (including phenoxy) is 2. The number of hydrogen-bond donors (Lipinski definition) is 6. The fourth-order valence-electron chi connectivity index (χ4n) is 11.5. The molecule has 1 fully saturated rings. The summed E-state index contributed by atoms with van der Waals surface area (Å²) in [6.07, 6.45) is 57.9. The molecule has 0 aromatic heterocycles. The topological polar surface area (TPSA) is 192 Å². The van der Waals surface area contributed by atoms with E-state index in [-0.39, 0.29) is 13.0 Å². The van der Waals surface area contributed by atoms with Gasteiger partial charge in [0.25, 0.3) is 0 Å². The molecule has 12 nitrogen and oxygen atoms in total. The molecule has 478 valence electrons. The van der Waals surface area contributed by atoms with Crippen LogP contribution in [0.3, 0.4) is 0 Å². The molecule has 0 heterocycles. The first-order valence-corrected chi connectivity index (χ1v) is 36.4. The van der Waals surface area contributed by atoms with Gasteiger partial charge in [-0.25, -0.2) is 4.57 Å². The lowest BCUT2D eigenvalue weighted by atomic mass is 9.85. The molecule has 13 heteroatoms. The Labute approximate surface area is 493 Å². The van der Waals surface area contributed by atoms with Crippen LogP contribution in [-0.4, -0.2) is 98.9 Å². The van der Waals surface area contributed by atoms with Gasteiger partial charge < -0.3 is 39.9 Å². The highest BCUT2D eigenvalue weighted by molar-refractivity contribution is 7.47. The van der Waals surface area contributed by atoms with E-state index in [4.69, 9.17) is 18.5 Å². The molecule has 1 saturated carbocycles. The van der Waals surface area contributed by atoms with Crippen LogP contribution in [0.15, 0.2) is 0 Å². The fraction of sp³-hybridized carbons (Fsp3) is 0.985. The van der Waals surface area contributed by atoms with Crippen molar-refractivity contribution in [3.8, 4) is 0 Å². The molecule has 0 amide bonds. The second-order valence-corrected chi connectivity index (χ2v) is 26.2. The van der Waals surface area contributed by atoms with Gasteiger partial charge in [-0.3, -0.25) is 13.8 Å². The lowest BCUT2D eigenvalue weighted by Gasteiger charge is -2.41. The Morgan fingerprint density at radius 2 is 0.588 bits per heavy atom. The van der Waals surface area contributed by atoms with E-state index in [1.54, 1.807) is 0 Å². The van der Waals surface area contributed by atoms with Crippen molar-refractivity contribution in [1.82, 2.24) is 0 Å². The number of phosphoric ester groups is 1. The van der Waals surface area contributed by atoms with Crippen LogP contribution in [0.1, 0.15) is 361 Å². The molecule has 0 spiro atoms. The third-order valence-electron chi connectivity index (χ3n) is 17.0. The third-order valence-corrected chi connectivity index (χ3v) is 18.0. The van der Waals surface area contributed by atoms with Crippen molar-refractivity contribution in [2.45, 2.75) is 403 Å². The van der Waals surface area contributed by atoms with Gasteiger partial charge in [-0.15, -0.1) is 0 Å². The minimum absolute atomic E-state index is 0.0666. The van der Waals surface area contributed by atoms with Crippen LogP contribution in [0.25, 0.3) is 0 Å². The van der Waals surface area contributed by atoms with Crippen molar-refractivity contribution >= 4 is 13.8 Å². The third kappa shape index (κ3) is 47.6. The van der Waals surface area contributed by atoms with Crippen LogP contribution < -0.4 is 0 Å². The van der Waals surface area contributed by atoms with Crippen LogP contribution >= 0.6 is 7.82 Å². The van der Waals surface area contributed by atoms with Crippen LogP contribution in [0.2, 0.25) is 0 Å². The quantitative estimate of drug-likeness (QED) is 0.0192. The van der Waals surface area contributed by atoms with Gasteiger partial charge >= 0.3 is 13.8 Å². The largest absolute Gasteiger partial charge is 0.472 e. The summed E-state index contributed by atoms with van der Waals surface area (Å²) >= 11 is 0. The predicted molar refractivity (Wildman–Crippen MR) is 332 cm³/mol. The van der Waals surface area contributed by atoms with Crippen molar-refractivity contribution in [3.05, 3.63) is 0 Å². The smallest absolute Gasteiger partial charge is 0.457 e. The Bertz CT molecular complexity index is 1330. The monoisotopic (exact) mass is 1160 g/mol. The number of hydrogen-bond acceptors (Lipinski definition) is 11. The minimum atomic E-state index is -5.02. The number of aliphatic hydroxyl groups is 5. The molecular weight excluding hydrogens is 1030 g/mol. The molecule has 0 aromatic rings. The Morgan fingerprint density at radius 3 is 0.863 bits per heavy atom. The van der Waals surface area contributed by atoms with Crippen molar-refractivity contribution in [2.75, 3.05) is 19.8 Å². The average molecular weight is 1160 g/mol. The fourth-order valence-corrected chi connectivity index (χ4v) is 12.5. The zero-order chi connectivity index (χ0) is 58.3. The van der Waals surface area contributed by atoms with E-state index >= 15 is 0 Å². The van der Waals surface area contributed by atoms with Gasteiger partial charge in [0.1, 0.15) is 42.7 Å². The normalized spacial score (nSPS) is 19.6. The summed E-state index contributed by atoms with van der Waals surface area (Å²) in [7, 11) is -5.02. The number of carbonyl (C=O) groups is 1. The van der Waals surface area contributed by atoms with Gasteiger partial charge in [-0.1, -0.05) is 341 Å². The number of aliphatic hydroxyl groups excluding tert-OH is 5. The van der Waals surface area contributed by atoms with Gasteiger partial charge in [-0.05, 0) is 12.8 Å². The Hall–Kier alpha value is -0.660. The van der Waals surface area contributed by atoms with Crippen LogP contribution in [0.5, 0.6) is 0 Å². The zero-order valence-electron chi connectivity index (χ0n) is 52.4. The van der Waals surface area contributed by atoms with E-state index in [9.17, 15) is 39.8 Å². The molecule has 1 aliphatic rings. The van der Waals surface area contributed by atoms with Crippen LogP contribution in [0, 0.1) is 0 Å². The summed E-state index contributed by atoms with van der Waals surface area (Å²) in [4.78, 5) is 23.4. The van der Waals surface area contributed by atoms with E-state index in [1.807, 2.05) is 0 Å². The van der Waals surface area contributed by atoms with Gasteiger partial charge in [0, 0.05) is 13.0 Å². The lowest BCUT2D eigenvalue weighted by molar-refractivity contribution is -0.220. The molecule has 6 N–H and O–H groups in total. The van der Waals surface area contributed by atoms with Crippen LogP contribution in [-0.2, 0) is 27.9 Å². The molecule has 0 radical (unpaired) electrons. The van der Waals surface area contributed by atoms with E-state index in [0.717, 1.165) is 38.5 Å². The summed E-state index contributed by atoms with van der Waals surface area (Å²) in [5.41, 5.74) is 0. The Morgan fingerprint density at radius 1 is 0.350 bits per heavy atom. The van der Waals surface area contributed by atoms with Crippen molar-refractivity contribution in [3.63, 3.8) is 0 Å². The van der Waals surface area contributed by atoms with E-state index < -0.39 is 63.1 Å². The SMILES string of the molecule is CCCCCCCCCCCCCCCCCCCCCCCCCCCCCCCCCCCC(=O)O[C@H](COCCCCCCCCCCCCCCCCCCCCCC)COP(=O)(O)OC1C(O)C(O)C(O)[C@@H](O)C1O. The van der Waals surface area contributed by atoms with Gasteiger partial charge in [-0.2, -0.15) is 0 Å². The molecule has 0 aliphatic heterocycles. The second kappa shape index (κ2) is 57.4. The van der Waals surface area contributed by atoms with Crippen molar-refractivity contribution < 1.29 is 58.3 Å². The summed E-state index contributed by atoms with van der Waals surface area (Å²) in [6, 6.07) is 0. The predicted octanol–water partition coefficient (Wildman–Crippen LogP) is 18.3. The maximum Gasteiger partial charge on any atom is 0.472 e. The Kier molecular flexibility index (Phi) is 55.5. The zero-order valence-corrected chi connectivity index (χ0v) is 53.3. The number of phosphoric acid groups is 1. The second-order valence-electron chi connectivity index (χ2n) is 24.8. The Balaban J connectivity index is 2.13. The maximum atomic E-state index is 12.9. The number of unbranched alkanes of at least 4 members (excludes halogenated alkanes) is 51. The molecular formula is C67H133O12P. The molecule has 0 bridgehead atoms. The van der Waals surface area contributed by atoms with Crippen molar-refractivity contribution in [2.24, 2.45) is 0 Å². The van der Waals surface area contributed by atoms with E-state index in [0.29, 0.717) is 13.0 Å². The minimum Gasteiger partial charge on any atom is -0.457 e. The molecule has 6 unspecified atom stereocenters. The standard InChI is InChI=1S/C67H133O12P/c1-3-5-7-9-11-13-15-17-19-21-23-25-26-27-28-29-30-31-32-33-34-35-36-37-38-40-42-44-46-48-50-52-54-56-61(68)78-60(59-77-80(74,75)79-67-65(72)63(70)62(69)64(71)66(67)73)58-76-57-55-53-51-49-47-45-43-41-39-24-22-20-18-16-14-12-10-8-6-4-2/h60,62-67,69-73H,3-59H2,1-2H3,(H,74,75)/t60-,62?,63-,64?,65?,66?,67?/m1/s1. The van der Waals surface area contributed by atoms with Gasteiger partial charge in [0.05, 0.1) is 13.2 Å². The number of rotatable bonds is 63. The van der Waals surface area contributed by atoms with Crippen molar-refractivity contribution in [1.29, 1.82) is 0 Å². The van der Waals surface area contributed by atoms with Crippen LogP contribution in [0.4, 0.5) is 0 Å². The molecule has 0 aromatic carbocycles.